The van der Waals surface area contributed by atoms with Crippen molar-refractivity contribution in [1.29, 1.82) is 0 Å². The quantitative estimate of drug-likeness (QED) is 0.0261. The Morgan fingerprint density at radius 1 is 0.402 bits per heavy atom. The van der Waals surface area contributed by atoms with E-state index in [1.54, 1.807) is 6.08 Å². The smallest absolute Gasteiger partial charge is 0.220 e. The lowest BCUT2D eigenvalue weighted by molar-refractivity contribution is -0.302. The van der Waals surface area contributed by atoms with Crippen LogP contribution in [0.2, 0.25) is 0 Å². The number of ether oxygens (including phenoxy) is 2. The van der Waals surface area contributed by atoms with Crippen LogP contribution in [0.1, 0.15) is 367 Å². The van der Waals surface area contributed by atoms with Gasteiger partial charge in [0.25, 0.3) is 0 Å². The molecule has 9 nitrogen and oxygen atoms in total. The van der Waals surface area contributed by atoms with Crippen molar-refractivity contribution >= 4 is 5.91 Å². The van der Waals surface area contributed by atoms with E-state index in [0.29, 0.717) is 6.42 Å². The van der Waals surface area contributed by atoms with Gasteiger partial charge in [-0.3, -0.25) is 4.79 Å². The van der Waals surface area contributed by atoms with Crippen molar-refractivity contribution in [3.05, 3.63) is 36.5 Å². The summed E-state index contributed by atoms with van der Waals surface area (Å²) in [5.74, 6) is -0.179. The van der Waals surface area contributed by atoms with Gasteiger partial charge in [-0.25, -0.2) is 0 Å². The lowest BCUT2D eigenvalue weighted by Gasteiger charge is -2.40. The fourth-order valence-corrected chi connectivity index (χ4v) is 11.8. The van der Waals surface area contributed by atoms with E-state index in [4.69, 9.17) is 9.47 Å². The third-order valence-electron chi connectivity index (χ3n) is 17.4. The van der Waals surface area contributed by atoms with Crippen molar-refractivity contribution in [2.24, 2.45) is 0 Å². The number of nitrogens with one attached hydrogen (secondary N) is 1. The minimum absolute atomic E-state index is 0.179. The summed E-state index contributed by atoms with van der Waals surface area (Å²) in [5.41, 5.74) is 0. The van der Waals surface area contributed by atoms with Crippen LogP contribution in [-0.4, -0.2) is 87.5 Å². The number of hydrogen-bond acceptors (Lipinski definition) is 8. The molecule has 1 rings (SSSR count). The topological polar surface area (TPSA) is 149 Å². The predicted octanol–water partition coefficient (Wildman–Crippen LogP) is 19.8. The Morgan fingerprint density at radius 2 is 0.695 bits per heavy atom. The first kappa shape index (κ1) is 78.4. The molecule has 0 aliphatic carbocycles. The van der Waals surface area contributed by atoms with E-state index in [2.05, 4.69) is 43.5 Å². The zero-order valence-corrected chi connectivity index (χ0v) is 54.3. The van der Waals surface area contributed by atoms with Gasteiger partial charge in [0.15, 0.2) is 6.29 Å². The number of hydrogen-bond donors (Lipinski definition) is 6. The summed E-state index contributed by atoms with van der Waals surface area (Å²) < 4.78 is 11.3. The van der Waals surface area contributed by atoms with E-state index in [1.807, 2.05) is 6.08 Å². The molecule has 7 unspecified atom stereocenters. The fourth-order valence-electron chi connectivity index (χ4n) is 11.8. The molecule has 0 aromatic rings. The molecule has 1 aliphatic rings. The van der Waals surface area contributed by atoms with Gasteiger partial charge in [0.05, 0.1) is 25.4 Å². The number of carbonyl (C=O) groups excluding carboxylic acids is 1. The Morgan fingerprint density at radius 3 is 1.02 bits per heavy atom. The first-order valence-corrected chi connectivity index (χ1v) is 36.2. The molecule has 9 heteroatoms. The molecule has 1 heterocycles. The highest BCUT2D eigenvalue weighted by atomic mass is 16.7. The summed E-state index contributed by atoms with van der Waals surface area (Å²) in [6.45, 7) is 3.81. The lowest BCUT2D eigenvalue weighted by atomic mass is 9.99. The van der Waals surface area contributed by atoms with Gasteiger partial charge in [0.2, 0.25) is 5.91 Å². The van der Waals surface area contributed by atoms with E-state index in [-0.39, 0.29) is 12.5 Å². The van der Waals surface area contributed by atoms with Crippen molar-refractivity contribution in [3.63, 3.8) is 0 Å². The van der Waals surface area contributed by atoms with Crippen LogP contribution in [0.3, 0.4) is 0 Å². The number of aliphatic hydroxyl groups excluding tert-OH is 5. The van der Waals surface area contributed by atoms with E-state index in [0.717, 1.165) is 38.5 Å². The Labute approximate surface area is 508 Å². The molecular weight excluding hydrogens is 1020 g/mol. The van der Waals surface area contributed by atoms with Crippen LogP contribution in [0.25, 0.3) is 0 Å². The third-order valence-corrected chi connectivity index (χ3v) is 17.4. The maximum atomic E-state index is 13.1. The van der Waals surface area contributed by atoms with Crippen molar-refractivity contribution in [3.8, 4) is 0 Å². The summed E-state index contributed by atoms with van der Waals surface area (Å²) in [7, 11) is 0. The predicted molar refractivity (Wildman–Crippen MR) is 350 cm³/mol. The summed E-state index contributed by atoms with van der Waals surface area (Å²) in [4.78, 5) is 13.1. The molecule has 1 amide bonds. The molecular formula is C73H139NO8. The van der Waals surface area contributed by atoms with Gasteiger partial charge in [-0.05, 0) is 57.8 Å². The van der Waals surface area contributed by atoms with Crippen molar-refractivity contribution in [1.82, 2.24) is 5.32 Å². The summed E-state index contributed by atoms with van der Waals surface area (Å²) in [5, 5.41) is 54.6. The molecule has 0 aromatic heterocycles. The lowest BCUT2D eigenvalue weighted by Crippen LogP contribution is -2.60. The van der Waals surface area contributed by atoms with Crippen LogP contribution in [0, 0.1) is 0 Å². The number of rotatable bonds is 64. The van der Waals surface area contributed by atoms with E-state index >= 15 is 0 Å². The average Bonchev–Trinajstić information content (AvgIpc) is 3.57. The zero-order chi connectivity index (χ0) is 59.3. The van der Waals surface area contributed by atoms with Crippen LogP contribution >= 0.6 is 0 Å². The molecule has 1 aliphatic heterocycles. The second kappa shape index (κ2) is 62.5. The van der Waals surface area contributed by atoms with Gasteiger partial charge in [-0.1, -0.05) is 339 Å². The van der Waals surface area contributed by atoms with Crippen LogP contribution in [-0.2, 0) is 14.3 Å². The molecule has 7 atom stereocenters. The minimum Gasteiger partial charge on any atom is -0.394 e. The van der Waals surface area contributed by atoms with Crippen molar-refractivity contribution in [2.75, 3.05) is 13.2 Å². The normalized spacial score (nSPS) is 18.5. The van der Waals surface area contributed by atoms with Crippen molar-refractivity contribution in [2.45, 2.75) is 410 Å². The number of amides is 1. The number of aliphatic hydroxyl groups is 5. The second-order valence-electron chi connectivity index (χ2n) is 25.4. The Balaban J connectivity index is 2.03. The Hall–Kier alpha value is -1.59. The van der Waals surface area contributed by atoms with E-state index in [9.17, 15) is 30.3 Å². The number of allylic oxidation sites excluding steroid dienone is 5. The zero-order valence-electron chi connectivity index (χ0n) is 54.3. The highest BCUT2D eigenvalue weighted by Crippen LogP contribution is 2.23. The SMILES string of the molecule is CCCCCCCCCC/C=C\CCCCCCCCCCCCCCCCCCCCCCCCCCCCCCCC(=O)NC(COC1OC(CO)C(O)C(O)C1O)C(O)/C=C/CC/C=C/CCCCCCCCCCCCCC. The second-order valence-corrected chi connectivity index (χ2v) is 25.4. The molecule has 0 saturated carbocycles. The molecule has 1 fully saturated rings. The molecule has 0 spiro atoms. The number of carbonyl (C=O) groups is 1. The highest BCUT2D eigenvalue weighted by molar-refractivity contribution is 5.76. The molecule has 82 heavy (non-hydrogen) atoms. The Bertz CT molecular complexity index is 1390. The largest absolute Gasteiger partial charge is 0.394 e. The highest BCUT2D eigenvalue weighted by Gasteiger charge is 2.44. The molecule has 6 N–H and O–H groups in total. The number of unbranched alkanes of at least 4 members (excludes halogenated alkanes) is 50. The summed E-state index contributed by atoms with van der Waals surface area (Å²) in [6, 6.07) is -0.820. The van der Waals surface area contributed by atoms with Gasteiger partial charge < -0.3 is 40.3 Å². The first-order chi connectivity index (χ1) is 40.3. The molecule has 0 radical (unpaired) electrons. The van der Waals surface area contributed by atoms with Crippen LogP contribution in [0.5, 0.6) is 0 Å². The van der Waals surface area contributed by atoms with Gasteiger partial charge in [0, 0.05) is 6.42 Å². The van der Waals surface area contributed by atoms with Crippen molar-refractivity contribution < 1.29 is 39.8 Å². The minimum atomic E-state index is -1.57. The molecule has 0 aromatic carbocycles. The standard InChI is InChI=1S/C73H139NO8/c1-3-5-7-9-11-13-15-17-19-21-23-24-25-26-27-28-29-30-31-32-33-34-35-36-37-38-39-40-41-42-43-44-45-47-49-51-53-55-57-59-61-63-69(77)74-66(65-81-73-72(80)71(79)70(78)68(64-75)82-73)67(76)62-60-58-56-54-52-50-48-46-22-20-18-16-14-12-10-8-6-4-2/h21,23,52,54,60,62,66-68,70-73,75-76,78-80H,3-20,22,24-51,53,55-59,61,63-65H2,1-2H3,(H,74,77)/b23-21-,54-52+,62-60+. The maximum Gasteiger partial charge on any atom is 0.220 e. The van der Waals surface area contributed by atoms with Gasteiger partial charge in [-0.15, -0.1) is 0 Å². The summed E-state index contributed by atoms with van der Waals surface area (Å²) in [6.07, 6.45) is 77.2. The summed E-state index contributed by atoms with van der Waals surface area (Å²) >= 11 is 0. The molecule has 484 valence electrons. The van der Waals surface area contributed by atoms with Gasteiger partial charge in [0.1, 0.15) is 24.4 Å². The Kier molecular flexibility index (Phi) is 59.7. The van der Waals surface area contributed by atoms with Crippen LogP contribution in [0.4, 0.5) is 0 Å². The van der Waals surface area contributed by atoms with E-state index in [1.165, 1.54) is 308 Å². The van der Waals surface area contributed by atoms with Crippen LogP contribution in [0.15, 0.2) is 36.5 Å². The van der Waals surface area contributed by atoms with Gasteiger partial charge in [-0.2, -0.15) is 0 Å². The average molecular weight is 1160 g/mol. The fraction of sp³-hybridized carbons (Fsp3) is 0.904. The molecule has 1 saturated heterocycles. The monoisotopic (exact) mass is 1160 g/mol. The third kappa shape index (κ3) is 50.6. The van der Waals surface area contributed by atoms with Crippen LogP contribution < -0.4 is 5.32 Å². The van der Waals surface area contributed by atoms with Gasteiger partial charge >= 0.3 is 0 Å². The first-order valence-electron chi connectivity index (χ1n) is 36.2. The maximum absolute atomic E-state index is 13.1. The molecule has 0 bridgehead atoms. The van der Waals surface area contributed by atoms with E-state index < -0.39 is 49.5 Å².